The number of aromatic hydroxyl groups is 1. The third-order valence-corrected chi connectivity index (χ3v) is 3.98. The molecule has 0 fully saturated rings. The molecule has 1 heterocycles. The molecule has 0 aliphatic rings. The lowest BCUT2D eigenvalue weighted by Crippen LogP contribution is -2.20. The average Bonchev–Trinajstić information content (AvgIpc) is 2.60. The zero-order valence-corrected chi connectivity index (χ0v) is 14.0. The largest absolute Gasteiger partial charge is 0.506 e. The molecule has 3 rings (SSSR count). The van der Waals surface area contributed by atoms with Gasteiger partial charge in [0.25, 0.3) is 0 Å². The molecule has 2 aromatic carbocycles. The van der Waals surface area contributed by atoms with Crippen molar-refractivity contribution in [1.29, 1.82) is 0 Å². The second-order valence-corrected chi connectivity index (χ2v) is 6.04. The fourth-order valence-corrected chi connectivity index (χ4v) is 2.55. The van der Waals surface area contributed by atoms with E-state index in [0.717, 1.165) is 5.56 Å². The molecule has 1 N–H and O–H groups in total. The Morgan fingerprint density at radius 3 is 2.48 bits per heavy atom. The molecule has 0 saturated heterocycles. The van der Waals surface area contributed by atoms with Gasteiger partial charge in [0.05, 0.1) is 5.39 Å². The normalized spacial score (nSPS) is 11.0. The third kappa shape index (κ3) is 3.40. The Morgan fingerprint density at radius 1 is 1.12 bits per heavy atom. The van der Waals surface area contributed by atoms with Gasteiger partial charge in [-0.25, -0.2) is 4.79 Å². The summed E-state index contributed by atoms with van der Waals surface area (Å²) in [6.07, 6.45) is 0. The van der Waals surface area contributed by atoms with Crippen LogP contribution in [0.25, 0.3) is 11.0 Å². The number of ether oxygens (including phenoxy) is 1. The highest BCUT2D eigenvalue weighted by atomic mass is 16.5. The minimum absolute atomic E-state index is 0.228. The van der Waals surface area contributed by atoms with Crippen LogP contribution in [-0.2, 0) is 0 Å². The molecule has 0 spiro atoms. The van der Waals surface area contributed by atoms with Crippen molar-refractivity contribution in [3.05, 3.63) is 70.1 Å². The van der Waals surface area contributed by atoms with Gasteiger partial charge in [-0.2, -0.15) is 0 Å². The first-order valence-electron chi connectivity index (χ1n) is 7.98. The van der Waals surface area contributed by atoms with E-state index < -0.39 is 17.0 Å². The first kappa shape index (κ1) is 16.8. The lowest BCUT2D eigenvalue weighted by atomic mass is 10.0. The van der Waals surface area contributed by atoms with Crippen molar-refractivity contribution in [3.8, 4) is 11.5 Å². The van der Waals surface area contributed by atoms with Crippen LogP contribution in [0.15, 0.2) is 57.7 Å². The van der Waals surface area contributed by atoms with Gasteiger partial charge in [0.15, 0.2) is 6.61 Å². The summed E-state index contributed by atoms with van der Waals surface area (Å²) in [5, 5.41) is 10.6. The molecule has 0 aliphatic carbocycles. The van der Waals surface area contributed by atoms with Crippen LogP contribution < -0.4 is 10.4 Å². The molecule has 25 heavy (non-hydrogen) atoms. The van der Waals surface area contributed by atoms with E-state index in [1.807, 2.05) is 12.1 Å². The maximum absolute atomic E-state index is 12.3. The lowest BCUT2D eigenvalue weighted by Gasteiger charge is -2.09. The second-order valence-electron chi connectivity index (χ2n) is 6.04. The van der Waals surface area contributed by atoms with Gasteiger partial charge in [0, 0.05) is 0 Å². The standard InChI is InChI=1S/C20H18O5/c1-12(2)13-7-9-14(10-8-13)24-11-16(21)18-19(22)15-5-3-4-6-17(15)25-20(18)23/h3-10,12,22H,11H2,1-2H3. The van der Waals surface area contributed by atoms with E-state index in [4.69, 9.17) is 9.15 Å². The number of ketones is 1. The fourth-order valence-electron chi connectivity index (χ4n) is 2.55. The quantitative estimate of drug-likeness (QED) is 0.564. The van der Waals surface area contributed by atoms with Crippen molar-refractivity contribution in [2.24, 2.45) is 0 Å². The number of hydrogen-bond donors (Lipinski definition) is 1. The summed E-state index contributed by atoms with van der Waals surface area (Å²) < 4.78 is 10.5. The Labute approximate surface area is 144 Å². The van der Waals surface area contributed by atoms with Crippen molar-refractivity contribution < 1.29 is 19.1 Å². The van der Waals surface area contributed by atoms with Crippen molar-refractivity contribution in [1.82, 2.24) is 0 Å². The van der Waals surface area contributed by atoms with Gasteiger partial charge in [-0.05, 0) is 35.7 Å². The minimum Gasteiger partial charge on any atom is -0.506 e. The van der Waals surface area contributed by atoms with E-state index >= 15 is 0 Å². The van der Waals surface area contributed by atoms with Crippen LogP contribution in [0.1, 0.15) is 35.7 Å². The van der Waals surface area contributed by atoms with Gasteiger partial charge in [0.2, 0.25) is 5.78 Å². The van der Waals surface area contributed by atoms with Crippen LogP contribution in [0.2, 0.25) is 0 Å². The Kier molecular flexibility index (Phi) is 4.57. The molecular formula is C20H18O5. The molecule has 0 aliphatic heterocycles. The second kappa shape index (κ2) is 6.81. The number of carbonyl (C=O) groups excluding carboxylic acids is 1. The Morgan fingerprint density at radius 2 is 1.80 bits per heavy atom. The topological polar surface area (TPSA) is 76.7 Å². The number of benzene rings is 2. The molecule has 5 nitrogen and oxygen atoms in total. The molecule has 0 radical (unpaired) electrons. The number of hydrogen-bond acceptors (Lipinski definition) is 5. The molecular weight excluding hydrogens is 320 g/mol. The highest BCUT2D eigenvalue weighted by Gasteiger charge is 2.21. The zero-order valence-electron chi connectivity index (χ0n) is 14.0. The maximum Gasteiger partial charge on any atom is 0.351 e. The summed E-state index contributed by atoms with van der Waals surface area (Å²) in [4.78, 5) is 24.4. The summed E-state index contributed by atoms with van der Waals surface area (Å²) in [6.45, 7) is 3.81. The van der Waals surface area contributed by atoms with Crippen LogP contribution in [0.4, 0.5) is 0 Å². The average molecular weight is 338 g/mol. The zero-order chi connectivity index (χ0) is 18.0. The molecule has 1 aromatic heterocycles. The van der Waals surface area contributed by atoms with E-state index in [2.05, 4.69) is 13.8 Å². The summed E-state index contributed by atoms with van der Waals surface area (Å²) >= 11 is 0. The lowest BCUT2D eigenvalue weighted by molar-refractivity contribution is 0.0915. The summed E-state index contributed by atoms with van der Waals surface area (Å²) in [6, 6.07) is 13.9. The summed E-state index contributed by atoms with van der Waals surface area (Å²) in [5.41, 5.74) is 0.121. The molecule has 3 aromatic rings. The minimum atomic E-state index is -0.875. The molecule has 0 bridgehead atoms. The van der Waals surface area contributed by atoms with Gasteiger partial charge in [-0.3, -0.25) is 4.79 Å². The predicted molar refractivity (Wildman–Crippen MR) is 94.5 cm³/mol. The van der Waals surface area contributed by atoms with Crippen molar-refractivity contribution in [2.45, 2.75) is 19.8 Å². The SMILES string of the molecule is CC(C)c1ccc(OCC(=O)c2c(O)c3ccccc3oc2=O)cc1. The van der Waals surface area contributed by atoms with Gasteiger partial charge in [-0.15, -0.1) is 0 Å². The molecule has 0 atom stereocenters. The smallest absolute Gasteiger partial charge is 0.351 e. The van der Waals surface area contributed by atoms with E-state index in [-0.39, 0.29) is 17.9 Å². The fraction of sp³-hybridized carbons (Fsp3) is 0.200. The number of para-hydroxylation sites is 1. The van der Waals surface area contributed by atoms with Crippen molar-refractivity contribution in [2.75, 3.05) is 6.61 Å². The summed E-state index contributed by atoms with van der Waals surface area (Å²) in [7, 11) is 0. The molecule has 128 valence electrons. The molecule has 0 amide bonds. The molecule has 0 saturated carbocycles. The monoisotopic (exact) mass is 338 g/mol. The number of fused-ring (bicyclic) bond motifs is 1. The summed E-state index contributed by atoms with van der Waals surface area (Å²) in [5.74, 6) is -0.0992. The number of carbonyl (C=O) groups is 1. The first-order valence-corrected chi connectivity index (χ1v) is 7.98. The predicted octanol–water partition coefficient (Wildman–Crippen LogP) is 3.88. The van der Waals surface area contributed by atoms with Crippen LogP contribution in [0.5, 0.6) is 11.5 Å². The van der Waals surface area contributed by atoms with Crippen LogP contribution in [0.3, 0.4) is 0 Å². The Balaban J connectivity index is 1.82. The van der Waals surface area contributed by atoms with Crippen LogP contribution in [0, 0.1) is 0 Å². The van der Waals surface area contributed by atoms with Crippen LogP contribution in [-0.4, -0.2) is 17.5 Å². The highest BCUT2D eigenvalue weighted by molar-refractivity contribution is 6.03. The molecule has 5 heteroatoms. The van der Waals surface area contributed by atoms with E-state index in [1.54, 1.807) is 36.4 Å². The Hall–Kier alpha value is -3.08. The van der Waals surface area contributed by atoms with Gasteiger partial charge < -0.3 is 14.3 Å². The maximum atomic E-state index is 12.3. The van der Waals surface area contributed by atoms with Crippen molar-refractivity contribution in [3.63, 3.8) is 0 Å². The van der Waals surface area contributed by atoms with E-state index in [0.29, 0.717) is 17.1 Å². The van der Waals surface area contributed by atoms with E-state index in [9.17, 15) is 14.7 Å². The Bertz CT molecular complexity index is 968. The van der Waals surface area contributed by atoms with Crippen LogP contribution >= 0.6 is 0 Å². The third-order valence-electron chi connectivity index (χ3n) is 3.98. The van der Waals surface area contributed by atoms with Gasteiger partial charge in [-0.1, -0.05) is 38.1 Å². The number of rotatable bonds is 5. The van der Waals surface area contributed by atoms with Gasteiger partial charge in [0.1, 0.15) is 22.6 Å². The van der Waals surface area contributed by atoms with E-state index in [1.165, 1.54) is 0 Å². The van der Waals surface area contributed by atoms with Crippen molar-refractivity contribution >= 4 is 16.8 Å². The van der Waals surface area contributed by atoms with Gasteiger partial charge >= 0.3 is 5.63 Å². The first-order chi connectivity index (χ1) is 12.0. The number of Topliss-reactive ketones (excluding diaryl/α,β-unsaturated/α-hetero) is 1. The molecule has 0 unspecified atom stereocenters. The highest BCUT2D eigenvalue weighted by Crippen LogP contribution is 2.26.